The standard InChI is InChI=1S/C18H32N2O/c1-2-3-4-5-6-7-8-12-15-18(21)20-19-16-17-13-10-9-11-14-17/h9-10,16-17H,2-8,11-15H2,1H3,(H,20,21)/b19-16+. The number of rotatable bonds is 11. The number of allylic oxidation sites excluding steroid dienone is 2. The van der Waals surface area contributed by atoms with Gasteiger partial charge in [-0.2, -0.15) is 5.10 Å². The van der Waals surface area contributed by atoms with E-state index in [1.165, 1.54) is 38.5 Å². The molecule has 0 saturated carbocycles. The highest BCUT2D eigenvalue weighted by atomic mass is 16.2. The topological polar surface area (TPSA) is 41.5 Å². The smallest absolute Gasteiger partial charge is 0.240 e. The maximum absolute atomic E-state index is 11.6. The molecule has 1 amide bonds. The molecule has 1 aliphatic carbocycles. The first-order valence-corrected chi connectivity index (χ1v) is 8.80. The zero-order chi connectivity index (χ0) is 15.2. The fraction of sp³-hybridized carbons (Fsp3) is 0.778. The Bertz CT molecular complexity index is 323. The molecule has 1 rings (SSSR count). The third kappa shape index (κ3) is 10.3. The van der Waals surface area contributed by atoms with E-state index in [1.807, 2.05) is 6.21 Å². The largest absolute Gasteiger partial charge is 0.273 e. The quantitative estimate of drug-likeness (QED) is 0.248. The van der Waals surface area contributed by atoms with Crippen LogP contribution in [-0.2, 0) is 4.79 Å². The Hall–Kier alpha value is -1.12. The summed E-state index contributed by atoms with van der Waals surface area (Å²) in [6.45, 7) is 2.24. The molecule has 0 bridgehead atoms. The van der Waals surface area contributed by atoms with Crippen LogP contribution in [0.4, 0.5) is 0 Å². The van der Waals surface area contributed by atoms with Gasteiger partial charge in [-0.05, 0) is 31.6 Å². The van der Waals surface area contributed by atoms with Crippen LogP contribution in [0.1, 0.15) is 84.0 Å². The lowest BCUT2D eigenvalue weighted by atomic mass is 9.96. The predicted octanol–water partition coefficient (Wildman–Crippen LogP) is 4.98. The summed E-state index contributed by atoms with van der Waals surface area (Å²) < 4.78 is 0. The summed E-state index contributed by atoms with van der Waals surface area (Å²) >= 11 is 0. The Labute approximate surface area is 130 Å². The number of amides is 1. The van der Waals surface area contributed by atoms with Gasteiger partial charge in [0.05, 0.1) is 0 Å². The van der Waals surface area contributed by atoms with E-state index < -0.39 is 0 Å². The van der Waals surface area contributed by atoms with E-state index in [1.54, 1.807) is 0 Å². The van der Waals surface area contributed by atoms with Crippen molar-refractivity contribution in [2.75, 3.05) is 0 Å². The molecule has 0 saturated heterocycles. The van der Waals surface area contributed by atoms with Crippen molar-refractivity contribution < 1.29 is 4.79 Å². The molecule has 0 aromatic heterocycles. The van der Waals surface area contributed by atoms with Crippen LogP contribution in [0, 0.1) is 5.92 Å². The second-order valence-corrected chi connectivity index (χ2v) is 6.08. The lowest BCUT2D eigenvalue weighted by Crippen LogP contribution is -2.18. The summed E-state index contributed by atoms with van der Waals surface area (Å²) in [5, 5.41) is 4.09. The number of hydrazone groups is 1. The molecule has 0 spiro atoms. The Kier molecular flexibility index (Phi) is 10.8. The van der Waals surface area contributed by atoms with E-state index >= 15 is 0 Å². The van der Waals surface area contributed by atoms with Gasteiger partial charge in [0.15, 0.2) is 0 Å². The molecule has 0 aromatic carbocycles. The average molecular weight is 292 g/mol. The molecule has 0 aromatic rings. The van der Waals surface area contributed by atoms with Gasteiger partial charge in [-0.3, -0.25) is 4.79 Å². The minimum atomic E-state index is 0.0589. The molecule has 1 unspecified atom stereocenters. The molecule has 1 aliphatic rings. The van der Waals surface area contributed by atoms with Crippen LogP contribution in [0.15, 0.2) is 17.3 Å². The fourth-order valence-electron chi connectivity index (χ4n) is 2.64. The monoisotopic (exact) mass is 292 g/mol. The van der Waals surface area contributed by atoms with Crippen LogP contribution in [0.5, 0.6) is 0 Å². The van der Waals surface area contributed by atoms with Crippen LogP contribution < -0.4 is 5.43 Å². The molecule has 0 fully saturated rings. The van der Waals surface area contributed by atoms with Crippen LogP contribution in [-0.4, -0.2) is 12.1 Å². The zero-order valence-corrected chi connectivity index (χ0v) is 13.7. The maximum atomic E-state index is 11.6. The number of hydrogen-bond donors (Lipinski definition) is 1. The van der Waals surface area contributed by atoms with Gasteiger partial charge in [-0.15, -0.1) is 0 Å². The molecule has 1 atom stereocenters. The average Bonchev–Trinajstić information content (AvgIpc) is 2.51. The van der Waals surface area contributed by atoms with Crippen molar-refractivity contribution in [1.82, 2.24) is 5.43 Å². The molecule has 21 heavy (non-hydrogen) atoms. The third-order valence-corrected chi connectivity index (χ3v) is 4.04. The lowest BCUT2D eigenvalue weighted by molar-refractivity contribution is -0.121. The number of carbonyl (C=O) groups is 1. The van der Waals surface area contributed by atoms with Crippen molar-refractivity contribution in [2.45, 2.75) is 84.0 Å². The highest BCUT2D eigenvalue weighted by Gasteiger charge is 2.06. The van der Waals surface area contributed by atoms with Crippen molar-refractivity contribution in [3.05, 3.63) is 12.2 Å². The highest BCUT2D eigenvalue weighted by Crippen LogP contribution is 2.15. The van der Waals surface area contributed by atoms with Crippen molar-refractivity contribution >= 4 is 12.1 Å². The fourth-order valence-corrected chi connectivity index (χ4v) is 2.64. The second-order valence-electron chi connectivity index (χ2n) is 6.08. The van der Waals surface area contributed by atoms with E-state index in [0.29, 0.717) is 12.3 Å². The molecular weight excluding hydrogens is 260 g/mol. The van der Waals surface area contributed by atoms with E-state index in [2.05, 4.69) is 29.6 Å². The summed E-state index contributed by atoms with van der Waals surface area (Å²) in [6.07, 6.45) is 20.3. The third-order valence-electron chi connectivity index (χ3n) is 4.04. The van der Waals surface area contributed by atoms with Gasteiger partial charge >= 0.3 is 0 Å². The first-order chi connectivity index (χ1) is 10.3. The summed E-state index contributed by atoms with van der Waals surface area (Å²) in [5.74, 6) is 0.557. The molecular formula is C18H32N2O. The second kappa shape index (κ2) is 12.6. The first kappa shape index (κ1) is 17.9. The van der Waals surface area contributed by atoms with Crippen LogP contribution in [0.25, 0.3) is 0 Å². The first-order valence-electron chi connectivity index (χ1n) is 8.80. The Morgan fingerprint density at radius 2 is 1.86 bits per heavy atom. The van der Waals surface area contributed by atoms with Crippen LogP contribution in [0.3, 0.4) is 0 Å². The summed E-state index contributed by atoms with van der Waals surface area (Å²) in [4.78, 5) is 11.6. The number of hydrogen-bond acceptors (Lipinski definition) is 2. The Balaban J connectivity index is 1.91. The van der Waals surface area contributed by atoms with E-state index in [9.17, 15) is 4.79 Å². The summed E-state index contributed by atoms with van der Waals surface area (Å²) in [5.41, 5.74) is 2.66. The molecule has 0 heterocycles. The normalized spacial score (nSPS) is 18.2. The maximum Gasteiger partial charge on any atom is 0.240 e. The molecule has 3 heteroatoms. The number of carbonyl (C=O) groups excluding carboxylic acids is 1. The lowest BCUT2D eigenvalue weighted by Gasteiger charge is -2.11. The van der Waals surface area contributed by atoms with Crippen LogP contribution >= 0.6 is 0 Å². The van der Waals surface area contributed by atoms with Gasteiger partial charge < -0.3 is 0 Å². The van der Waals surface area contributed by atoms with E-state index in [4.69, 9.17) is 0 Å². The van der Waals surface area contributed by atoms with Gasteiger partial charge in [0.25, 0.3) is 0 Å². The van der Waals surface area contributed by atoms with Gasteiger partial charge in [0.2, 0.25) is 5.91 Å². The van der Waals surface area contributed by atoms with Crippen LogP contribution in [0.2, 0.25) is 0 Å². The van der Waals surface area contributed by atoms with Crippen molar-refractivity contribution in [3.63, 3.8) is 0 Å². The Morgan fingerprint density at radius 1 is 1.14 bits per heavy atom. The van der Waals surface area contributed by atoms with E-state index in [-0.39, 0.29) is 5.91 Å². The molecule has 1 N–H and O–H groups in total. The number of unbranched alkanes of at least 4 members (excludes halogenated alkanes) is 7. The molecule has 3 nitrogen and oxygen atoms in total. The van der Waals surface area contributed by atoms with Crippen molar-refractivity contribution in [2.24, 2.45) is 11.0 Å². The zero-order valence-electron chi connectivity index (χ0n) is 13.7. The van der Waals surface area contributed by atoms with E-state index in [0.717, 1.165) is 32.1 Å². The number of nitrogens with zero attached hydrogens (tertiary/aromatic N) is 1. The SMILES string of the molecule is CCCCCCCCCCC(=O)N/N=C/C1CC=CCC1. The summed E-state index contributed by atoms with van der Waals surface area (Å²) in [6, 6.07) is 0. The van der Waals surface area contributed by atoms with Gasteiger partial charge in [-0.1, -0.05) is 64.0 Å². The minimum Gasteiger partial charge on any atom is -0.273 e. The Morgan fingerprint density at radius 3 is 2.52 bits per heavy atom. The molecule has 120 valence electrons. The highest BCUT2D eigenvalue weighted by molar-refractivity contribution is 5.76. The summed E-state index contributed by atoms with van der Waals surface area (Å²) in [7, 11) is 0. The van der Waals surface area contributed by atoms with Gasteiger partial charge in [0.1, 0.15) is 0 Å². The predicted molar refractivity (Wildman–Crippen MR) is 90.3 cm³/mol. The van der Waals surface area contributed by atoms with Gasteiger partial charge in [0, 0.05) is 12.6 Å². The van der Waals surface area contributed by atoms with Crippen molar-refractivity contribution in [1.29, 1.82) is 0 Å². The molecule has 0 aliphatic heterocycles. The number of nitrogens with one attached hydrogen (secondary N) is 1. The molecule has 0 radical (unpaired) electrons. The van der Waals surface area contributed by atoms with Gasteiger partial charge in [-0.25, -0.2) is 5.43 Å². The van der Waals surface area contributed by atoms with Crippen molar-refractivity contribution in [3.8, 4) is 0 Å². The minimum absolute atomic E-state index is 0.0589.